The van der Waals surface area contributed by atoms with Gasteiger partial charge in [-0.2, -0.15) is 0 Å². The Balaban J connectivity index is 1.77. The van der Waals surface area contributed by atoms with Crippen molar-refractivity contribution in [1.82, 2.24) is 10.2 Å². The zero-order chi connectivity index (χ0) is 21.8. The molecule has 0 saturated carbocycles. The number of carbonyl (C=O) groups is 3. The Morgan fingerprint density at radius 3 is 2.53 bits per heavy atom. The molecule has 3 amide bonds. The van der Waals surface area contributed by atoms with E-state index in [2.05, 4.69) is 41.9 Å². The van der Waals surface area contributed by atoms with Crippen molar-refractivity contribution >= 4 is 55.8 Å². The van der Waals surface area contributed by atoms with Crippen LogP contribution in [-0.2, 0) is 20.9 Å². The third kappa shape index (κ3) is 5.06. The molecule has 0 aliphatic carbocycles. The number of amides is 3. The number of halogens is 3. The highest BCUT2D eigenvalue weighted by atomic mass is 79.9. The first-order valence-corrected chi connectivity index (χ1v) is 10.1. The highest BCUT2D eigenvalue weighted by molar-refractivity contribution is 9.11. The van der Waals surface area contributed by atoms with Crippen molar-refractivity contribution in [3.63, 3.8) is 0 Å². The number of esters is 1. The fourth-order valence-corrected chi connectivity index (χ4v) is 4.11. The van der Waals surface area contributed by atoms with Gasteiger partial charge in [-0.3, -0.25) is 9.59 Å². The Morgan fingerprint density at radius 1 is 1.20 bits per heavy atom. The number of carbonyl (C=O) groups excluding carboxylic acids is 3. The van der Waals surface area contributed by atoms with E-state index in [0.29, 0.717) is 25.8 Å². The topological polar surface area (TPSA) is 84.9 Å². The predicted molar refractivity (Wildman–Crippen MR) is 113 cm³/mol. The lowest BCUT2D eigenvalue weighted by molar-refractivity contribution is -0.143. The van der Waals surface area contributed by atoms with Crippen LogP contribution in [0.5, 0.6) is 5.75 Å². The second-order valence-electron chi connectivity index (χ2n) is 6.19. The minimum absolute atomic E-state index is 0.0242. The number of nitrogens with one attached hydrogen (secondary N) is 1. The number of hydrogen-bond acceptors (Lipinski definition) is 5. The normalized spacial score (nSPS) is 14.8. The fraction of sp³-hybridized carbons (Fsp3) is 0.150. The maximum absolute atomic E-state index is 13.3. The summed E-state index contributed by atoms with van der Waals surface area (Å²) in [5.41, 5.74) is 1.29. The molecule has 1 aliphatic heterocycles. The van der Waals surface area contributed by atoms with Crippen LogP contribution in [0.3, 0.4) is 0 Å². The van der Waals surface area contributed by atoms with Crippen molar-refractivity contribution in [2.45, 2.75) is 6.61 Å². The summed E-state index contributed by atoms with van der Waals surface area (Å²) in [7, 11) is 1.17. The first-order valence-electron chi connectivity index (χ1n) is 8.56. The second-order valence-corrected chi connectivity index (χ2v) is 7.90. The molecule has 0 atom stereocenters. The molecule has 2 aromatic rings. The van der Waals surface area contributed by atoms with Crippen molar-refractivity contribution in [3.05, 3.63) is 68.0 Å². The molecular weight excluding hydrogens is 527 g/mol. The van der Waals surface area contributed by atoms with E-state index in [4.69, 9.17) is 4.74 Å². The largest absolute Gasteiger partial charge is 0.487 e. The standard InChI is InChI=1S/C20H15Br2FN2O5/c1-29-17(26)9-25-19(27)16(24-20(25)28)8-12-6-14(21)18(15(22)7-12)30-10-11-3-2-4-13(23)5-11/h2-8H,9-10H2,1H3,(H,24,28)/b16-8+. The number of methoxy groups -OCH3 is 1. The van der Waals surface area contributed by atoms with Crippen LogP contribution in [0, 0.1) is 5.82 Å². The predicted octanol–water partition coefficient (Wildman–Crippen LogP) is 4.00. The summed E-state index contributed by atoms with van der Waals surface area (Å²) in [6.07, 6.45) is 1.48. The summed E-state index contributed by atoms with van der Waals surface area (Å²) < 4.78 is 24.7. The lowest BCUT2D eigenvalue weighted by Crippen LogP contribution is -2.36. The van der Waals surface area contributed by atoms with E-state index in [1.807, 2.05) is 0 Å². The molecule has 7 nitrogen and oxygen atoms in total. The average Bonchev–Trinajstić information content (AvgIpc) is 2.94. The van der Waals surface area contributed by atoms with Gasteiger partial charge in [0, 0.05) is 0 Å². The number of rotatable bonds is 6. The monoisotopic (exact) mass is 540 g/mol. The summed E-state index contributed by atoms with van der Waals surface area (Å²) in [5.74, 6) is -1.19. The van der Waals surface area contributed by atoms with Crippen LogP contribution >= 0.6 is 31.9 Å². The van der Waals surface area contributed by atoms with Gasteiger partial charge in [0.05, 0.1) is 16.1 Å². The average molecular weight is 542 g/mol. The lowest BCUT2D eigenvalue weighted by atomic mass is 10.2. The van der Waals surface area contributed by atoms with Crippen LogP contribution < -0.4 is 10.1 Å². The highest BCUT2D eigenvalue weighted by Crippen LogP contribution is 2.36. The van der Waals surface area contributed by atoms with E-state index in [-0.39, 0.29) is 18.1 Å². The molecule has 2 aromatic carbocycles. The molecule has 156 valence electrons. The van der Waals surface area contributed by atoms with Gasteiger partial charge >= 0.3 is 12.0 Å². The summed E-state index contributed by atoms with van der Waals surface area (Å²) in [4.78, 5) is 36.5. The Kier molecular flexibility index (Phi) is 6.88. The molecule has 0 spiro atoms. The number of hydrogen-bond donors (Lipinski definition) is 1. The van der Waals surface area contributed by atoms with Crippen molar-refractivity contribution in [1.29, 1.82) is 0 Å². The third-order valence-corrected chi connectivity index (χ3v) is 5.26. The van der Waals surface area contributed by atoms with E-state index in [1.54, 1.807) is 24.3 Å². The molecular formula is C20H15Br2FN2O5. The van der Waals surface area contributed by atoms with Crippen LogP contribution in [0.1, 0.15) is 11.1 Å². The molecule has 1 heterocycles. The van der Waals surface area contributed by atoms with Crippen LogP contribution in [0.2, 0.25) is 0 Å². The maximum Gasteiger partial charge on any atom is 0.329 e. The van der Waals surface area contributed by atoms with E-state index >= 15 is 0 Å². The number of benzene rings is 2. The van der Waals surface area contributed by atoms with Crippen LogP contribution in [0.4, 0.5) is 9.18 Å². The zero-order valence-corrected chi connectivity index (χ0v) is 18.8. The molecule has 0 radical (unpaired) electrons. The van der Waals surface area contributed by atoms with Gasteiger partial charge in [-0.05, 0) is 73.3 Å². The minimum Gasteiger partial charge on any atom is -0.487 e. The molecule has 0 aromatic heterocycles. The third-order valence-electron chi connectivity index (χ3n) is 4.08. The lowest BCUT2D eigenvalue weighted by Gasteiger charge is -2.12. The zero-order valence-electron chi connectivity index (χ0n) is 15.6. The smallest absolute Gasteiger partial charge is 0.329 e. The molecule has 3 rings (SSSR count). The fourth-order valence-electron chi connectivity index (χ4n) is 2.66. The minimum atomic E-state index is -0.704. The molecule has 10 heteroatoms. The SMILES string of the molecule is COC(=O)CN1C(=O)N/C(=C/c2cc(Br)c(OCc3cccc(F)c3)c(Br)c2)C1=O. The summed E-state index contributed by atoms with van der Waals surface area (Å²) in [6, 6.07) is 8.77. The van der Waals surface area contributed by atoms with Crippen molar-refractivity contribution < 1.29 is 28.2 Å². The van der Waals surface area contributed by atoms with Gasteiger partial charge in [-0.1, -0.05) is 12.1 Å². The molecule has 1 saturated heterocycles. The molecule has 0 bridgehead atoms. The molecule has 1 N–H and O–H groups in total. The molecule has 30 heavy (non-hydrogen) atoms. The quantitative estimate of drug-likeness (QED) is 0.339. The van der Waals surface area contributed by atoms with Crippen molar-refractivity contribution in [3.8, 4) is 5.75 Å². The maximum atomic E-state index is 13.3. The first kappa shape index (κ1) is 22.0. The first-order chi connectivity index (χ1) is 14.3. The van der Waals surface area contributed by atoms with Crippen LogP contribution in [-0.4, -0.2) is 36.5 Å². The van der Waals surface area contributed by atoms with E-state index < -0.39 is 24.5 Å². The number of imide groups is 1. The summed E-state index contributed by atoms with van der Waals surface area (Å²) >= 11 is 6.83. The van der Waals surface area contributed by atoms with Gasteiger partial charge < -0.3 is 14.8 Å². The second kappa shape index (κ2) is 9.40. The molecule has 1 fully saturated rings. The van der Waals surface area contributed by atoms with E-state index in [0.717, 1.165) is 4.90 Å². The highest BCUT2D eigenvalue weighted by Gasteiger charge is 2.35. The number of urea groups is 1. The van der Waals surface area contributed by atoms with Gasteiger partial charge in [0.25, 0.3) is 5.91 Å². The summed E-state index contributed by atoms with van der Waals surface area (Å²) in [6.45, 7) is -0.314. The van der Waals surface area contributed by atoms with Gasteiger partial charge in [-0.15, -0.1) is 0 Å². The van der Waals surface area contributed by atoms with Gasteiger partial charge in [0.15, 0.2) is 0 Å². The van der Waals surface area contributed by atoms with E-state index in [9.17, 15) is 18.8 Å². The van der Waals surface area contributed by atoms with Crippen LogP contribution in [0.25, 0.3) is 6.08 Å². The van der Waals surface area contributed by atoms with E-state index in [1.165, 1.54) is 25.3 Å². The van der Waals surface area contributed by atoms with Crippen molar-refractivity contribution in [2.75, 3.05) is 13.7 Å². The Bertz CT molecular complexity index is 1030. The van der Waals surface area contributed by atoms with Crippen LogP contribution in [0.15, 0.2) is 51.0 Å². The Morgan fingerprint density at radius 2 is 1.90 bits per heavy atom. The molecule has 1 aliphatic rings. The summed E-state index contributed by atoms with van der Waals surface area (Å²) in [5, 5.41) is 2.43. The van der Waals surface area contributed by atoms with Crippen molar-refractivity contribution in [2.24, 2.45) is 0 Å². The Labute approximate surface area is 188 Å². The number of ether oxygens (including phenoxy) is 2. The van der Waals surface area contributed by atoms with Gasteiger partial charge in [0.2, 0.25) is 0 Å². The molecule has 0 unspecified atom stereocenters. The van der Waals surface area contributed by atoms with Gasteiger partial charge in [-0.25, -0.2) is 14.1 Å². The Hall–Kier alpha value is -2.72. The van der Waals surface area contributed by atoms with Gasteiger partial charge in [0.1, 0.15) is 30.4 Å². The number of nitrogens with zero attached hydrogens (tertiary/aromatic N) is 1.